The largest absolute Gasteiger partial charge is 0.467 e. The molecule has 0 fully saturated rings. The van der Waals surface area contributed by atoms with E-state index in [1.165, 1.54) is 19.4 Å². The van der Waals surface area contributed by atoms with E-state index in [0.717, 1.165) is 18.2 Å². The predicted octanol–water partition coefficient (Wildman–Crippen LogP) is 0.566. The van der Waals surface area contributed by atoms with Gasteiger partial charge in [0.15, 0.2) is 5.16 Å². The number of hydrogen-bond donors (Lipinski definition) is 2. The highest BCUT2D eigenvalue weighted by Gasteiger charge is 2.26. The summed E-state index contributed by atoms with van der Waals surface area (Å²) in [5.41, 5.74) is -0.278. The number of amides is 1. The van der Waals surface area contributed by atoms with Crippen LogP contribution in [0.3, 0.4) is 0 Å². The molecule has 8 heteroatoms. The van der Waals surface area contributed by atoms with Crippen LogP contribution in [0.15, 0.2) is 22.2 Å². The van der Waals surface area contributed by atoms with Crippen molar-refractivity contribution in [2.24, 2.45) is 5.92 Å². The number of aromatic nitrogens is 2. The van der Waals surface area contributed by atoms with Gasteiger partial charge in [0.1, 0.15) is 6.04 Å². The van der Waals surface area contributed by atoms with Gasteiger partial charge < -0.3 is 15.0 Å². The van der Waals surface area contributed by atoms with E-state index >= 15 is 0 Å². The van der Waals surface area contributed by atoms with Crippen LogP contribution in [-0.2, 0) is 14.3 Å². The summed E-state index contributed by atoms with van der Waals surface area (Å²) >= 11 is 1.09. The Morgan fingerprint density at radius 2 is 2.24 bits per heavy atom. The van der Waals surface area contributed by atoms with Gasteiger partial charge in [-0.1, -0.05) is 32.0 Å². The summed E-state index contributed by atoms with van der Waals surface area (Å²) < 4.78 is 4.69. The number of rotatable bonds is 7. The van der Waals surface area contributed by atoms with Gasteiger partial charge in [-0.05, 0) is 5.92 Å². The van der Waals surface area contributed by atoms with Crippen LogP contribution in [-0.4, -0.2) is 40.7 Å². The highest BCUT2D eigenvalue weighted by atomic mass is 32.2. The number of ether oxygens (including phenoxy) is 1. The minimum atomic E-state index is -0.670. The zero-order chi connectivity index (χ0) is 15.8. The van der Waals surface area contributed by atoms with E-state index in [4.69, 9.17) is 4.74 Å². The summed E-state index contributed by atoms with van der Waals surface area (Å²) in [5.74, 6) is -0.756. The lowest BCUT2D eigenvalue weighted by atomic mass is 9.99. The number of carbonyl (C=O) groups is 2. The molecule has 0 saturated heterocycles. The van der Waals surface area contributed by atoms with Crippen molar-refractivity contribution in [3.63, 3.8) is 0 Å². The van der Waals surface area contributed by atoms with E-state index in [9.17, 15) is 14.4 Å². The summed E-state index contributed by atoms with van der Waals surface area (Å²) in [6, 6.07) is 0.622. The molecule has 2 N–H and O–H groups in total. The average molecular weight is 313 g/mol. The molecule has 0 aliphatic rings. The summed E-state index contributed by atoms with van der Waals surface area (Å²) in [5, 5.41) is 3.01. The molecule has 0 aromatic carbocycles. The van der Waals surface area contributed by atoms with Gasteiger partial charge in [-0.3, -0.25) is 9.59 Å². The molecule has 1 heterocycles. The second-order valence-electron chi connectivity index (χ2n) is 4.48. The fraction of sp³-hybridized carbons (Fsp3) is 0.538. The lowest BCUT2D eigenvalue weighted by Crippen LogP contribution is -2.46. The maximum Gasteiger partial charge on any atom is 0.328 e. The maximum atomic E-state index is 11.9. The van der Waals surface area contributed by atoms with E-state index < -0.39 is 12.0 Å². The Balaban J connectivity index is 2.58. The first-order valence-corrected chi connectivity index (χ1v) is 7.51. The van der Waals surface area contributed by atoms with E-state index in [1.54, 1.807) is 0 Å². The SMILES string of the molecule is CC[C@H](C)[C@H](NC(=O)CSc1nccc(=O)[nH]1)C(=O)OC. The molecule has 0 saturated carbocycles. The predicted molar refractivity (Wildman–Crippen MR) is 79.0 cm³/mol. The quantitative estimate of drug-likeness (QED) is 0.433. The number of hydrogen-bond acceptors (Lipinski definition) is 6. The van der Waals surface area contributed by atoms with Crippen LogP contribution in [0.4, 0.5) is 0 Å². The van der Waals surface area contributed by atoms with E-state index in [0.29, 0.717) is 5.16 Å². The minimum absolute atomic E-state index is 0.0268. The molecule has 1 aromatic rings. The zero-order valence-electron chi connectivity index (χ0n) is 12.2. The number of nitrogens with one attached hydrogen (secondary N) is 2. The van der Waals surface area contributed by atoms with Gasteiger partial charge in [-0.2, -0.15) is 0 Å². The Morgan fingerprint density at radius 1 is 1.52 bits per heavy atom. The first kappa shape index (κ1) is 17.2. The van der Waals surface area contributed by atoms with Crippen molar-refractivity contribution in [2.45, 2.75) is 31.5 Å². The van der Waals surface area contributed by atoms with Gasteiger partial charge in [0.2, 0.25) is 5.91 Å². The standard InChI is InChI=1S/C13H19N3O4S/c1-4-8(2)11(12(19)20-3)15-10(18)7-21-13-14-6-5-9(17)16-13/h5-6,8,11H,4,7H2,1-3H3,(H,15,18)(H,14,16,17)/t8-,11-/m0/s1. The zero-order valence-corrected chi connectivity index (χ0v) is 13.0. The fourth-order valence-electron chi connectivity index (χ4n) is 1.57. The first-order chi connectivity index (χ1) is 9.97. The molecular weight excluding hydrogens is 294 g/mol. The topological polar surface area (TPSA) is 101 Å². The maximum absolute atomic E-state index is 11.9. The molecule has 116 valence electrons. The molecule has 1 aromatic heterocycles. The van der Waals surface area contributed by atoms with Crippen LogP contribution in [0.5, 0.6) is 0 Å². The number of thioether (sulfide) groups is 1. The molecule has 0 unspecified atom stereocenters. The van der Waals surface area contributed by atoms with Crippen LogP contribution in [0, 0.1) is 5.92 Å². The van der Waals surface area contributed by atoms with Crippen molar-refractivity contribution < 1.29 is 14.3 Å². The van der Waals surface area contributed by atoms with Crippen LogP contribution >= 0.6 is 11.8 Å². The Kier molecular flexibility index (Phi) is 6.93. The van der Waals surface area contributed by atoms with Crippen LogP contribution < -0.4 is 10.9 Å². The molecule has 0 radical (unpaired) electrons. The fourth-order valence-corrected chi connectivity index (χ4v) is 2.23. The Hall–Kier alpha value is -1.83. The molecule has 2 atom stereocenters. The lowest BCUT2D eigenvalue weighted by molar-refractivity contribution is -0.146. The lowest BCUT2D eigenvalue weighted by Gasteiger charge is -2.21. The Labute approximate surface area is 126 Å². The molecule has 0 aliphatic carbocycles. The third kappa shape index (κ3) is 5.58. The monoisotopic (exact) mass is 313 g/mol. The van der Waals surface area contributed by atoms with Gasteiger partial charge in [0, 0.05) is 12.3 Å². The van der Waals surface area contributed by atoms with Crippen LogP contribution in [0.2, 0.25) is 0 Å². The third-order valence-corrected chi connectivity index (χ3v) is 3.86. The normalized spacial score (nSPS) is 13.3. The highest BCUT2D eigenvalue weighted by molar-refractivity contribution is 7.99. The van der Waals surface area contributed by atoms with Crippen molar-refractivity contribution in [1.29, 1.82) is 0 Å². The van der Waals surface area contributed by atoms with Gasteiger partial charge in [0.05, 0.1) is 12.9 Å². The number of H-pyrrole nitrogens is 1. The Morgan fingerprint density at radius 3 is 2.81 bits per heavy atom. The summed E-state index contributed by atoms with van der Waals surface area (Å²) in [7, 11) is 1.29. The van der Waals surface area contributed by atoms with Crippen molar-refractivity contribution in [1.82, 2.24) is 15.3 Å². The van der Waals surface area contributed by atoms with Crippen molar-refractivity contribution in [3.05, 3.63) is 22.6 Å². The molecule has 1 amide bonds. The van der Waals surface area contributed by atoms with E-state index in [2.05, 4.69) is 15.3 Å². The molecule has 0 aliphatic heterocycles. The Bertz CT molecular complexity index is 546. The second-order valence-corrected chi connectivity index (χ2v) is 5.45. The molecule has 7 nitrogen and oxygen atoms in total. The summed E-state index contributed by atoms with van der Waals surface area (Å²) in [4.78, 5) is 41.1. The van der Waals surface area contributed by atoms with Crippen LogP contribution in [0.25, 0.3) is 0 Å². The molecule has 0 bridgehead atoms. The van der Waals surface area contributed by atoms with Gasteiger partial charge >= 0.3 is 5.97 Å². The summed E-state index contributed by atoms with van der Waals surface area (Å²) in [6.07, 6.45) is 2.11. The van der Waals surface area contributed by atoms with Gasteiger partial charge in [-0.15, -0.1) is 0 Å². The first-order valence-electron chi connectivity index (χ1n) is 6.53. The van der Waals surface area contributed by atoms with E-state index in [-0.39, 0.29) is 23.1 Å². The molecule has 21 heavy (non-hydrogen) atoms. The van der Waals surface area contributed by atoms with Crippen molar-refractivity contribution >= 4 is 23.6 Å². The number of nitrogens with zero attached hydrogens (tertiary/aromatic N) is 1. The second kappa shape index (κ2) is 8.46. The number of carbonyl (C=O) groups excluding carboxylic acids is 2. The van der Waals surface area contributed by atoms with Gasteiger partial charge in [-0.25, -0.2) is 9.78 Å². The smallest absolute Gasteiger partial charge is 0.328 e. The number of esters is 1. The average Bonchev–Trinajstić information content (AvgIpc) is 2.49. The number of aromatic amines is 1. The molecule has 1 rings (SSSR count). The number of methoxy groups -OCH3 is 1. The molecule has 0 spiro atoms. The molecular formula is C13H19N3O4S. The van der Waals surface area contributed by atoms with Crippen LogP contribution in [0.1, 0.15) is 20.3 Å². The van der Waals surface area contributed by atoms with Gasteiger partial charge in [0.25, 0.3) is 5.56 Å². The summed E-state index contributed by atoms with van der Waals surface area (Å²) in [6.45, 7) is 3.80. The van der Waals surface area contributed by atoms with Crippen molar-refractivity contribution in [3.8, 4) is 0 Å². The third-order valence-electron chi connectivity index (χ3n) is 2.97. The van der Waals surface area contributed by atoms with Crippen molar-refractivity contribution in [2.75, 3.05) is 12.9 Å². The highest BCUT2D eigenvalue weighted by Crippen LogP contribution is 2.12. The minimum Gasteiger partial charge on any atom is -0.467 e. The van der Waals surface area contributed by atoms with E-state index in [1.807, 2.05) is 13.8 Å².